The third-order valence-corrected chi connectivity index (χ3v) is 4.53. The van der Waals surface area contributed by atoms with E-state index in [2.05, 4.69) is 31.5 Å². The van der Waals surface area contributed by atoms with Gasteiger partial charge in [-0.1, -0.05) is 30.3 Å². The summed E-state index contributed by atoms with van der Waals surface area (Å²) in [6.45, 7) is 4.96. The van der Waals surface area contributed by atoms with E-state index in [1.54, 1.807) is 13.8 Å². The number of nitrogens with one attached hydrogen (secondary N) is 3. The van der Waals surface area contributed by atoms with Crippen LogP contribution in [0.25, 0.3) is 0 Å². The Morgan fingerprint density at radius 1 is 1.15 bits per heavy atom. The Balaban J connectivity index is 1.92. The van der Waals surface area contributed by atoms with E-state index in [1.165, 1.54) is 4.68 Å². The van der Waals surface area contributed by atoms with Crippen molar-refractivity contribution < 1.29 is 24.2 Å². The van der Waals surface area contributed by atoms with Crippen molar-refractivity contribution in [3.05, 3.63) is 41.7 Å². The first-order chi connectivity index (χ1) is 16.3. The molecule has 1 aromatic heterocycles. The van der Waals surface area contributed by atoms with Gasteiger partial charge in [0.1, 0.15) is 6.04 Å². The molecule has 0 bridgehead atoms. The molecule has 0 aliphatic carbocycles. The van der Waals surface area contributed by atoms with Gasteiger partial charge in [0, 0.05) is 13.1 Å². The van der Waals surface area contributed by atoms with E-state index in [4.69, 9.17) is 20.3 Å². The fourth-order valence-electron chi connectivity index (χ4n) is 2.76. The highest BCUT2D eigenvalue weighted by Crippen LogP contribution is 2.13. The maximum Gasteiger partial charge on any atom is 0.314 e. The third kappa shape index (κ3) is 9.79. The van der Waals surface area contributed by atoms with E-state index in [9.17, 15) is 9.59 Å². The quantitative estimate of drug-likeness (QED) is 0.203. The maximum absolute atomic E-state index is 12.5. The molecule has 1 atom stereocenters. The molecule has 13 heteroatoms. The van der Waals surface area contributed by atoms with Crippen molar-refractivity contribution in [1.82, 2.24) is 36.2 Å². The Bertz CT molecular complexity index is 872. The second-order valence-corrected chi connectivity index (χ2v) is 8.03. The van der Waals surface area contributed by atoms with Gasteiger partial charge in [0.05, 0.1) is 45.1 Å². The van der Waals surface area contributed by atoms with Gasteiger partial charge in [-0.3, -0.25) is 4.79 Å². The van der Waals surface area contributed by atoms with Crippen LogP contribution in [0.4, 0.5) is 4.79 Å². The molecule has 188 valence electrons. The summed E-state index contributed by atoms with van der Waals surface area (Å²) in [4.78, 5) is 24.4. The summed E-state index contributed by atoms with van der Waals surface area (Å²) >= 11 is 0. The molecule has 0 fully saturated rings. The number of nitrogens with zero attached hydrogens (tertiary/aromatic N) is 4. The molecule has 34 heavy (non-hydrogen) atoms. The van der Waals surface area contributed by atoms with Crippen LogP contribution in [0.15, 0.2) is 30.3 Å². The fraction of sp³-hybridized carbons (Fsp3) is 0.571. The molecular formula is C21H34N8O5. The van der Waals surface area contributed by atoms with Crippen LogP contribution in [0.5, 0.6) is 0 Å². The number of aliphatic hydroxyl groups excluding tert-OH is 1. The normalized spacial score (nSPS) is 12.2. The van der Waals surface area contributed by atoms with Gasteiger partial charge in [-0.25, -0.2) is 9.48 Å². The van der Waals surface area contributed by atoms with Gasteiger partial charge in [0.2, 0.25) is 5.91 Å². The van der Waals surface area contributed by atoms with E-state index in [0.29, 0.717) is 25.6 Å². The number of hydrogen-bond acceptors (Lipinski definition) is 9. The van der Waals surface area contributed by atoms with Crippen LogP contribution < -0.4 is 21.7 Å². The predicted molar refractivity (Wildman–Crippen MR) is 122 cm³/mol. The molecule has 0 unspecified atom stereocenters. The zero-order chi connectivity index (χ0) is 24.8. The van der Waals surface area contributed by atoms with E-state index in [1.807, 2.05) is 30.3 Å². The number of ether oxygens (including phenoxy) is 2. The number of carbonyl (C=O) groups excluding carboxylic acids is 2. The van der Waals surface area contributed by atoms with Crippen molar-refractivity contribution in [3.8, 4) is 0 Å². The highest BCUT2D eigenvalue weighted by molar-refractivity contribution is 5.85. The van der Waals surface area contributed by atoms with Crippen molar-refractivity contribution in [2.24, 2.45) is 5.73 Å². The first-order valence-electron chi connectivity index (χ1n) is 11.0. The van der Waals surface area contributed by atoms with Gasteiger partial charge < -0.3 is 36.3 Å². The second-order valence-electron chi connectivity index (χ2n) is 8.03. The Labute approximate surface area is 198 Å². The lowest BCUT2D eigenvalue weighted by atomic mass is 10.1. The van der Waals surface area contributed by atoms with Gasteiger partial charge in [-0.15, -0.1) is 5.10 Å². The topological polar surface area (TPSA) is 179 Å². The molecule has 0 saturated heterocycles. The minimum absolute atomic E-state index is 0.0675. The smallest absolute Gasteiger partial charge is 0.314 e. The molecule has 0 aliphatic rings. The van der Waals surface area contributed by atoms with E-state index >= 15 is 0 Å². The zero-order valence-electron chi connectivity index (χ0n) is 19.6. The number of nitrogens with two attached hydrogens (primary N) is 1. The molecule has 0 saturated carbocycles. The molecule has 2 aromatic rings. The number of amides is 3. The summed E-state index contributed by atoms with van der Waals surface area (Å²) in [7, 11) is 0. The molecule has 2 rings (SSSR count). The molecule has 0 spiro atoms. The second kappa shape index (κ2) is 14.2. The van der Waals surface area contributed by atoms with Crippen molar-refractivity contribution in [1.29, 1.82) is 0 Å². The number of rotatable bonds is 15. The number of carbonyl (C=O) groups is 2. The summed E-state index contributed by atoms with van der Waals surface area (Å²) in [5.74, 6) is 0.00144. The average molecular weight is 479 g/mol. The Kier molecular flexibility index (Phi) is 11.3. The highest BCUT2D eigenvalue weighted by Gasteiger charge is 2.28. The number of aliphatic hydroxyl groups is 1. The third-order valence-electron chi connectivity index (χ3n) is 4.53. The van der Waals surface area contributed by atoms with E-state index < -0.39 is 11.6 Å². The first-order valence-corrected chi connectivity index (χ1v) is 11.0. The van der Waals surface area contributed by atoms with Crippen LogP contribution in [0.1, 0.15) is 31.3 Å². The zero-order valence-corrected chi connectivity index (χ0v) is 19.6. The van der Waals surface area contributed by atoms with Crippen LogP contribution in [0.2, 0.25) is 0 Å². The lowest BCUT2D eigenvalue weighted by Gasteiger charge is -2.24. The summed E-state index contributed by atoms with van der Waals surface area (Å²) in [6, 6.07) is 8.62. The Hall–Kier alpha value is -3.13. The molecule has 6 N–H and O–H groups in total. The van der Waals surface area contributed by atoms with Crippen LogP contribution in [-0.2, 0) is 27.4 Å². The fourth-order valence-corrected chi connectivity index (χ4v) is 2.76. The predicted octanol–water partition coefficient (Wildman–Crippen LogP) is -0.907. The van der Waals surface area contributed by atoms with E-state index in [-0.39, 0.29) is 44.8 Å². The van der Waals surface area contributed by atoms with Crippen LogP contribution in [-0.4, -0.2) is 82.3 Å². The van der Waals surface area contributed by atoms with Crippen molar-refractivity contribution >= 4 is 11.9 Å². The summed E-state index contributed by atoms with van der Waals surface area (Å²) in [5, 5.41) is 28.6. The highest BCUT2D eigenvalue weighted by atomic mass is 16.5. The number of hydrogen-bond donors (Lipinski definition) is 5. The lowest BCUT2D eigenvalue weighted by molar-refractivity contribution is -0.126. The van der Waals surface area contributed by atoms with Gasteiger partial charge in [0.15, 0.2) is 5.82 Å². The SMILES string of the molecule is CC(C)(N)C(=O)N[C@H](COCc1ccccc1)c1nnnn1CCNC(=O)NCCOCCO. The minimum atomic E-state index is -1.10. The van der Waals surface area contributed by atoms with Crippen LogP contribution in [0.3, 0.4) is 0 Å². The lowest BCUT2D eigenvalue weighted by Crippen LogP contribution is -2.51. The van der Waals surface area contributed by atoms with E-state index in [0.717, 1.165) is 5.56 Å². The number of benzene rings is 1. The Morgan fingerprint density at radius 2 is 1.88 bits per heavy atom. The minimum Gasteiger partial charge on any atom is -0.394 e. The summed E-state index contributed by atoms with van der Waals surface area (Å²) < 4.78 is 12.4. The standard InChI is InChI=1S/C21H34N8O5/c1-21(2,22)19(31)25-17(15-34-14-16-6-4-3-5-7-16)18-26-27-28-29(18)10-8-23-20(32)24-9-12-33-13-11-30/h3-7,17,30H,8-15,22H2,1-2H3,(H,25,31)(H2,23,24,32)/t17-/m1/s1. The van der Waals surface area contributed by atoms with Crippen molar-refractivity contribution in [2.75, 3.05) is 39.5 Å². The largest absolute Gasteiger partial charge is 0.394 e. The molecule has 0 radical (unpaired) electrons. The van der Waals surface area contributed by atoms with Gasteiger partial charge >= 0.3 is 6.03 Å². The van der Waals surface area contributed by atoms with Crippen LogP contribution >= 0.6 is 0 Å². The van der Waals surface area contributed by atoms with Crippen molar-refractivity contribution in [2.45, 2.75) is 38.6 Å². The molecule has 0 aliphatic heterocycles. The molecule has 1 heterocycles. The van der Waals surface area contributed by atoms with Gasteiger partial charge in [-0.05, 0) is 29.8 Å². The maximum atomic E-state index is 12.5. The van der Waals surface area contributed by atoms with Gasteiger partial charge in [0.25, 0.3) is 0 Å². The molecule has 1 aromatic carbocycles. The number of urea groups is 1. The van der Waals surface area contributed by atoms with Crippen molar-refractivity contribution in [3.63, 3.8) is 0 Å². The molecule has 3 amide bonds. The summed E-state index contributed by atoms with van der Waals surface area (Å²) in [5.41, 5.74) is 5.82. The van der Waals surface area contributed by atoms with Crippen LogP contribution in [0, 0.1) is 0 Å². The first kappa shape index (κ1) is 27.1. The number of tetrazole rings is 1. The average Bonchev–Trinajstić information content (AvgIpc) is 3.26. The number of aromatic nitrogens is 4. The molecular weight excluding hydrogens is 444 g/mol. The Morgan fingerprint density at radius 3 is 2.59 bits per heavy atom. The molecule has 13 nitrogen and oxygen atoms in total. The van der Waals surface area contributed by atoms with Gasteiger partial charge in [-0.2, -0.15) is 0 Å². The summed E-state index contributed by atoms with van der Waals surface area (Å²) in [6.07, 6.45) is 0. The monoisotopic (exact) mass is 478 g/mol.